The van der Waals surface area contributed by atoms with Crippen molar-refractivity contribution in [1.82, 2.24) is 0 Å². The van der Waals surface area contributed by atoms with Crippen molar-refractivity contribution in [3.05, 3.63) is 71.8 Å². The van der Waals surface area contributed by atoms with Crippen molar-refractivity contribution in [1.29, 1.82) is 0 Å². The molecule has 0 saturated carbocycles. The summed E-state index contributed by atoms with van der Waals surface area (Å²) in [6, 6.07) is 16.2. The van der Waals surface area contributed by atoms with Gasteiger partial charge in [-0.15, -0.1) is 0 Å². The molecule has 2 aromatic carbocycles. The zero-order valence-corrected chi connectivity index (χ0v) is 16.4. The molecule has 0 spiro atoms. The molecule has 2 aromatic rings. The van der Waals surface area contributed by atoms with E-state index < -0.39 is 48.7 Å². The number of hydrogen-bond donors (Lipinski definition) is 0. The Morgan fingerprint density at radius 1 is 0.967 bits per heavy atom. The summed E-state index contributed by atoms with van der Waals surface area (Å²) >= 11 is 0. The van der Waals surface area contributed by atoms with Gasteiger partial charge in [0.2, 0.25) is 11.9 Å². The highest BCUT2D eigenvalue weighted by Gasteiger charge is 2.60. The molecule has 0 radical (unpaired) electrons. The number of hydrogen-bond acceptors (Lipinski definition) is 7. The lowest BCUT2D eigenvalue weighted by molar-refractivity contribution is -0.205. The summed E-state index contributed by atoms with van der Waals surface area (Å²) < 4.78 is 36.3. The zero-order valence-electron chi connectivity index (χ0n) is 16.4. The van der Waals surface area contributed by atoms with Gasteiger partial charge in [0.1, 0.15) is 12.7 Å². The fourth-order valence-electron chi connectivity index (χ4n) is 3.03. The van der Waals surface area contributed by atoms with Gasteiger partial charge in [-0.1, -0.05) is 36.4 Å². The maximum Gasteiger partial charge on any atom is 0.339 e. The summed E-state index contributed by atoms with van der Waals surface area (Å²) in [4.78, 5) is 36.0. The molecule has 1 saturated heterocycles. The van der Waals surface area contributed by atoms with E-state index in [0.29, 0.717) is 5.56 Å². The second kappa shape index (κ2) is 9.04. The second-order valence-corrected chi connectivity index (χ2v) is 6.92. The average Bonchev–Trinajstić information content (AvgIpc) is 2.97. The van der Waals surface area contributed by atoms with E-state index in [2.05, 4.69) is 0 Å². The molecule has 158 valence electrons. The molecule has 0 N–H and O–H groups in total. The highest BCUT2D eigenvalue weighted by Crippen LogP contribution is 2.38. The van der Waals surface area contributed by atoms with E-state index in [9.17, 15) is 14.4 Å². The number of esters is 3. The van der Waals surface area contributed by atoms with E-state index in [1.54, 1.807) is 48.5 Å². The summed E-state index contributed by atoms with van der Waals surface area (Å²) in [6.07, 6.45) is -4.72. The van der Waals surface area contributed by atoms with Crippen LogP contribution in [0, 0.1) is 0 Å². The van der Waals surface area contributed by atoms with Crippen LogP contribution in [0.15, 0.2) is 60.7 Å². The van der Waals surface area contributed by atoms with Crippen molar-refractivity contribution >= 4 is 17.9 Å². The summed E-state index contributed by atoms with van der Waals surface area (Å²) in [7, 11) is 0. The van der Waals surface area contributed by atoms with Crippen LogP contribution < -0.4 is 0 Å². The first kappa shape index (κ1) is 21.4. The molecule has 1 aliphatic rings. The highest BCUT2D eigenvalue weighted by molar-refractivity contribution is 5.90. The second-order valence-electron chi connectivity index (χ2n) is 6.92. The Kier molecular flexibility index (Phi) is 6.47. The molecule has 30 heavy (non-hydrogen) atoms. The molecule has 3 rings (SSSR count). The summed E-state index contributed by atoms with van der Waals surface area (Å²) in [6.45, 7) is 1.94. The van der Waals surface area contributed by atoms with Gasteiger partial charge in [0.15, 0.2) is 6.17 Å². The Balaban J connectivity index is 1.73. The number of carbonyl (C=O) groups is 3. The number of benzene rings is 2. The minimum Gasteiger partial charge on any atom is -0.459 e. The van der Waals surface area contributed by atoms with E-state index in [1.807, 2.05) is 0 Å². The lowest BCUT2D eigenvalue weighted by atomic mass is 9.98. The van der Waals surface area contributed by atoms with Crippen LogP contribution in [-0.2, 0) is 23.7 Å². The SMILES string of the molecule is CC(=O)OC1O[C@H](COC(=O)c2ccccc2)[C@@H](F)C1(C)OC(=O)c1ccccc1. The van der Waals surface area contributed by atoms with Gasteiger partial charge >= 0.3 is 17.9 Å². The molecule has 2 unspecified atom stereocenters. The van der Waals surface area contributed by atoms with Gasteiger partial charge < -0.3 is 18.9 Å². The minimum absolute atomic E-state index is 0.200. The largest absolute Gasteiger partial charge is 0.459 e. The first-order valence-electron chi connectivity index (χ1n) is 9.28. The lowest BCUT2D eigenvalue weighted by Crippen LogP contribution is -2.49. The molecule has 8 heteroatoms. The van der Waals surface area contributed by atoms with Crippen molar-refractivity contribution in [3.63, 3.8) is 0 Å². The summed E-state index contributed by atoms with van der Waals surface area (Å²) in [5, 5.41) is 0. The van der Waals surface area contributed by atoms with Crippen LogP contribution in [0.3, 0.4) is 0 Å². The summed E-state index contributed by atoms with van der Waals surface area (Å²) in [5.41, 5.74) is -1.44. The molecular formula is C22H21FO7. The van der Waals surface area contributed by atoms with Gasteiger partial charge in [-0.05, 0) is 31.2 Å². The van der Waals surface area contributed by atoms with Crippen LogP contribution in [0.5, 0.6) is 0 Å². The highest BCUT2D eigenvalue weighted by atomic mass is 19.1. The molecule has 0 aromatic heterocycles. The lowest BCUT2D eigenvalue weighted by Gasteiger charge is -2.30. The van der Waals surface area contributed by atoms with Crippen molar-refractivity contribution in [3.8, 4) is 0 Å². The Bertz CT molecular complexity index is 902. The Morgan fingerprint density at radius 2 is 1.50 bits per heavy atom. The van der Waals surface area contributed by atoms with Gasteiger partial charge in [0.25, 0.3) is 0 Å². The predicted molar refractivity (Wildman–Crippen MR) is 102 cm³/mol. The smallest absolute Gasteiger partial charge is 0.339 e. The van der Waals surface area contributed by atoms with E-state index in [-0.39, 0.29) is 5.56 Å². The topological polar surface area (TPSA) is 88.1 Å². The van der Waals surface area contributed by atoms with Crippen LogP contribution in [0.1, 0.15) is 34.6 Å². The Labute approximate surface area is 172 Å². The fraction of sp³-hybridized carbons (Fsp3) is 0.318. The molecule has 7 nitrogen and oxygen atoms in total. The number of halogens is 1. The number of carbonyl (C=O) groups excluding carboxylic acids is 3. The van der Waals surface area contributed by atoms with Gasteiger partial charge in [0, 0.05) is 6.92 Å². The maximum absolute atomic E-state index is 15.3. The average molecular weight is 416 g/mol. The molecule has 4 atom stereocenters. The van der Waals surface area contributed by atoms with Crippen LogP contribution in [-0.4, -0.2) is 48.7 Å². The van der Waals surface area contributed by atoms with Crippen molar-refractivity contribution in [2.75, 3.05) is 6.61 Å². The number of ether oxygens (including phenoxy) is 4. The fourth-order valence-corrected chi connectivity index (χ4v) is 3.03. The van der Waals surface area contributed by atoms with Crippen LogP contribution in [0.2, 0.25) is 0 Å². The maximum atomic E-state index is 15.3. The summed E-state index contributed by atoms with van der Waals surface area (Å²) in [5.74, 6) is -2.20. The molecule has 0 bridgehead atoms. The third-order valence-corrected chi connectivity index (χ3v) is 4.62. The van der Waals surface area contributed by atoms with E-state index in [0.717, 1.165) is 6.92 Å². The molecule has 1 aliphatic heterocycles. The normalized spacial score (nSPS) is 25.4. The van der Waals surface area contributed by atoms with E-state index >= 15 is 4.39 Å². The standard InChI is InChI=1S/C22H21FO7/c1-14(24)28-21-22(2,30-20(26)16-11-7-4-8-12-16)18(23)17(29-21)13-27-19(25)15-9-5-3-6-10-15/h3-12,17-18,21H,13H2,1-2H3/t17-,18-,21?,22?/m1/s1. The van der Waals surface area contributed by atoms with Crippen molar-refractivity contribution < 1.29 is 37.7 Å². The first-order valence-corrected chi connectivity index (χ1v) is 9.28. The molecule has 0 aliphatic carbocycles. The molecular weight excluding hydrogens is 395 g/mol. The zero-order chi connectivity index (χ0) is 21.7. The molecule has 1 fully saturated rings. The van der Waals surface area contributed by atoms with Crippen LogP contribution >= 0.6 is 0 Å². The van der Waals surface area contributed by atoms with Crippen LogP contribution in [0.4, 0.5) is 4.39 Å². The first-order chi connectivity index (χ1) is 14.3. The number of alkyl halides is 1. The third kappa shape index (κ3) is 4.65. The number of rotatable bonds is 6. The molecule has 1 heterocycles. The quantitative estimate of drug-likeness (QED) is 0.528. The van der Waals surface area contributed by atoms with E-state index in [4.69, 9.17) is 18.9 Å². The van der Waals surface area contributed by atoms with Gasteiger partial charge in [-0.2, -0.15) is 0 Å². The monoisotopic (exact) mass is 416 g/mol. The predicted octanol–water partition coefficient (Wildman–Crippen LogP) is 3.09. The van der Waals surface area contributed by atoms with Gasteiger partial charge in [-0.25, -0.2) is 14.0 Å². The Hall–Kier alpha value is -3.26. The van der Waals surface area contributed by atoms with E-state index in [1.165, 1.54) is 19.1 Å². The van der Waals surface area contributed by atoms with Crippen molar-refractivity contribution in [2.24, 2.45) is 0 Å². The third-order valence-electron chi connectivity index (χ3n) is 4.62. The van der Waals surface area contributed by atoms with Crippen molar-refractivity contribution in [2.45, 2.75) is 38.0 Å². The van der Waals surface area contributed by atoms with Gasteiger partial charge in [-0.3, -0.25) is 4.79 Å². The van der Waals surface area contributed by atoms with Crippen LogP contribution in [0.25, 0.3) is 0 Å². The minimum atomic E-state index is -1.93. The molecule has 0 amide bonds. The Morgan fingerprint density at radius 3 is 2.03 bits per heavy atom. The van der Waals surface area contributed by atoms with Gasteiger partial charge in [0.05, 0.1) is 11.1 Å².